The largest absolute Gasteiger partial charge is 0.334 e. The number of benzene rings is 2. The monoisotopic (exact) mass is 321 g/mol. The molecule has 0 saturated carbocycles. The summed E-state index contributed by atoms with van der Waals surface area (Å²) in [5.41, 5.74) is 2.54. The van der Waals surface area contributed by atoms with E-state index in [1.54, 1.807) is 0 Å². The van der Waals surface area contributed by atoms with Crippen molar-refractivity contribution in [3.63, 3.8) is 0 Å². The fourth-order valence-corrected chi connectivity index (χ4v) is 2.43. The Morgan fingerprint density at radius 1 is 1.08 bits per heavy atom. The van der Waals surface area contributed by atoms with Crippen molar-refractivity contribution < 1.29 is 9.32 Å². The number of aromatic nitrogens is 2. The van der Waals surface area contributed by atoms with Crippen molar-refractivity contribution in [1.82, 2.24) is 10.1 Å². The standard InChI is InChI=1S/C19H19N3O2/c1-2-8-18(23)20-16-12-7-6-11-15(16)19-21-17(22-24-19)13-14-9-4-3-5-10-14/h3-7,9-12H,2,8,13H2,1H3,(H,20,23). The van der Waals surface area contributed by atoms with Gasteiger partial charge in [0.25, 0.3) is 5.89 Å². The lowest BCUT2D eigenvalue weighted by Crippen LogP contribution is -2.11. The molecule has 0 aliphatic carbocycles. The highest BCUT2D eigenvalue weighted by Gasteiger charge is 2.14. The predicted molar refractivity (Wildman–Crippen MR) is 92.5 cm³/mol. The quantitative estimate of drug-likeness (QED) is 0.743. The molecule has 0 atom stereocenters. The highest BCUT2D eigenvalue weighted by atomic mass is 16.5. The summed E-state index contributed by atoms with van der Waals surface area (Å²) in [6, 6.07) is 17.4. The minimum absolute atomic E-state index is 0.0195. The maximum Gasteiger partial charge on any atom is 0.260 e. The van der Waals surface area contributed by atoms with E-state index in [9.17, 15) is 4.79 Å². The first-order valence-corrected chi connectivity index (χ1v) is 8.02. The molecule has 0 spiro atoms. The fourth-order valence-electron chi connectivity index (χ4n) is 2.43. The first kappa shape index (κ1) is 15.9. The van der Waals surface area contributed by atoms with Gasteiger partial charge in [-0.2, -0.15) is 4.98 Å². The van der Waals surface area contributed by atoms with Crippen LogP contribution in [-0.2, 0) is 11.2 Å². The van der Waals surface area contributed by atoms with Crippen LogP contribution in [0.3, 0.4) is 0 Å². The van der Waals surface area contributed by atoms with E-state index in [2.05, 4.69) is 15.5 Å². The first-order chi connectivity index (χ1) is 11.8. The Labute approximate surface area is 140 Å². The topological polar surface area (TPSA) is 68.0 Å². The number of para-hydroxylation sites is 1. The molecule has 3 rings (SSSR count). The fraction of sp³-hybridized carbons (Fsp3) is 0.211. The summed E-state index contributed by atoms with van der Waals surface area (Å²) in [6.07, 6.45) is 1.89. The Kier molecular flexibility index (Phi) is 5.01. The number of hydrogen-bond acceptors (Lipinski definition) is 4. The van der Waals surface area contributed by atoms with Crippen molar-refractivity contribution in [3.05, 3.63) is 66.0 Å². The second-order valence-corrected chi connectivity index (χ2v) is 5.52. The summed E-state index contributed by atoms with van der Waals surface area (Å²) in [7, 11) is 0. The van der Waals surface area contributed by atoms with Crippen LogP contribution < -0.4 is 5.32 Å². The van der Waals surface area contributed by atoms with Gasteiger partial charge in [0.2, 0.25) is 5.91 Å². The average Bonchev–Trinajstić information content (AvgIpc) is 3.05. The summed E-state index contributed by atoms with van der Waals surface area (Å²) in [5, 5.41) is 6.95. The molecular weight excluding hydrogens is 302 g/mol. The zero-order valence-corrected chi connectivity index (χ0v) is 13.5. The van der Waals surface area contributed by atoms with Gasteiger partial charge >= 0.3 is 0 Å². The molecule has 24 heavy (non-hydrogen) atoms. The minimum atomic E-state index is -0.0195. The highest BCUT2D eigenvalue weighted by Crippen LogP contribution is 2.27. The normalized spacial score (nSPS) is 10.5. The van der Waals surface area contributed by atoms with Gasteiger partial charge in [-0.1, -0.05) is 54.5 Å². The number of carbonyl (C=O) groups is 1. The van der Waals surface area contributed by atoms with Gasteiger partial charge in [-0.05, 0) is 24.1 Å². The SMILES string of the molecule is CCCC(=O)Nc1ccccc1-c1nc(Cc2ccccc2)no1. The predicted octanol–water partition coefficient (Wildman–Crippen LogP) is 4.07. The Morgan fingerprint density at radius 2 is 1.83 bits per heavy atom. The summed E-state index contributed by atoms with van der Waals surface area (Å²) in [6.45, 7) is 1.97. The molecule has 1 aromatic heterocycles. The van der Waals surface area contributed by atoms with Crippen LogP contribution in [0.25, 0.3) is 11.5 Å². The number of nitrogens with zero attached hydrogens (tertiary/aromatic N) is 2. The molecule has 1 amide bonds. The molecule has 122 valence electrons. The molecule has 0 saturated heterocycles. The Hall–Kier alpha value is -2.95. The van der Waals surface area contributed by atoms with E-state index in [1.165, 1.54) is 0 Å². The smallest absolute Gasteiger partial charge is 0.260 e. The van der Waals surface area contributed by atoms with Gasteiger partial charge in [0.15, 0.2) is 5.82 Å². The molecule has 0 radical (unpaired) electrons. The molecule has 0 fully saturated rings. The maximum absolute atomic E-state index is 11.9. The third-order valence-electron chi connectivity index (χ3n) is 3.58. The number of anilines is 1. The Morgan fingerprint density at radius 3 is 2.62 bits per heavy atom. The van der Waals surface area contributed by atoms with Gasteiger partial charge in [0, 0.05) is 12.8 Å². The van der Waals surface area contributed by atoms with E-state index in [0.29, 0.717) is 30.2 Å². The van der Waals surface area contributed by atoms with Gasteiger partial charge in [-0.25, -0.2) is 0 Å². The van der Waals surface area contributed by atoms with Crippen LogP contribution in [0.1, 0.15) is 31.2 Å². The lowest BCUT2D eigenvalue weighted by molar-refractivity contribution is -0.116. The third kappa shape index (κ3) is 3.87. The van der Waals surface area contributed by atoms with E-state index in [4.69, 9.17) is 4.52 Å². The van der Waals surface area contributed by atoms with E-state index in [-0.39, 0.29) is 5.91 Å². The van der Waals surface area contributed by atoms with Gasteiger partial charge in [0.05, 0.1) is 11.3 Å². The van der Waals surface area contributed by atoms with E-state index < -0.39 is 0 Å². The average molecular weight is 321 g/mol. The highest BCUT2D eigenvalue weighted by molar-refractivity contribution is 5.94. The van der Waals surface area contributed by atoms with Crippen LogP contribution in [-0.4, -0.2) is 16.0 Å². The molecule has 5 heteroatoms. The molecule has 0 aliphatic rings. The Balaban J connectivity index is 1.81. The molecule has 0 aliphatic heterocycles. The van der Waals surface area contributed by atoms with Crippen LogP contribution in [0.15, 0.2) is 59.1 Å². The van der Waals surface area contributed by atoms with Crippen molar-refractivity contribution >= 4 is 11.6 Å². The Bertz CT molecular complexity index is 812. The molecule has 3 aromatic rings. The first-order valence-electron chi connectivity index (χ1n) is 8.02. The van der Waals surface area contributed by atoms with Crippen molar-refractivity contribution in [2.45, 2.75) is 26.2 Å². The summed E-state index contributed by atoms with van der Waals surface area (Å²) >= 11 is 0. The number of carbonyl (C=O) groups excluding carboxylic acids is 1. The summed E-state index contributed by atoms with van der Waals surface area (Å²) < 4.78 is 5.39. The molecule has 2 aromatic carbocycles. The second kappa shape index (κ2) is 7.55. The van der Waals surface area contributed by atoms with Gasteiger partial charge in [0.1, 0.15) is 0 Å². The molecule has 0 bridgehead atoms. The van der Waals surface area contributed by atoms with Crippen molar-refractivity contribution in [3.8, 4) is 11.5 Å². The minimum Gasteiger partial charge on any atom is -0.334 e. The molecular formula is C19H19N3O2. The third-order valence-corrected chi connectivity index (χ3v) is 3.58. The molecule has 1 N–H and O–H groups in total. The van der Waals surface area contributed by atoms with Crippen molar-refractivity contribution in [2.75, 3.05) is 5.32 Å². The van der Waals surface area contributed by atoms with Crippen LogP contribution >= 0.6 is 0 Å². The molecule has 1 heterocycles. The number of hydrogen-bond donors (Lipinski definition) is 1. The van der Waals surface area contributed by atoms with Crippen molar-refractivity contribution in [1.29, 1.82) is 0 Å². The summed E-state index contributed by atoms with van der Waals surface area (Å²) in [5.74, 6) is 1.01. The van der Waals surface area contributed by atoms with Crippen molar-refractivity contribution in [2.24, 2.45) is 0 Å². The van der Waals surface area contributed by atoms with E-state index in [0.717, 1.165) is 17.5 Å². The van der Waals surface area contributed by atoms with Crippen LogP contribution in [0.5, 0.6) is 0 Å². The lowest BCUT2D eigenvalue weighted by Gasteiger charge is -2.07. The van der Waals surface area contributed by atoms with Crippen LogP contribution in [0, 0.1) is 0 Å². The maximum atomic E-state index is 11.9. The zero-order valence-electron chi connectivity index (χ0n) is 13.5. The van der Waals surface area contributed by atoms with E-state index >= 15 is 0 Å². The number of rotatable bonds is 6. The molecule has 0 unspecified atom stereocenters. The van der Waals surface area contributed by atoms with Gasteiger partial charge < -0.3 is 9.84 Å². The zero-order chi connectivity index (χ0) is 16.8. The van der Waals surface area contributed by atoms with Gasteiger partial charge in [-0.3, -0.25) is 4.79 Å². The van der Waals surface area contributed by atoms with E-state index in [1.807, 2.05) is 61.5 Å². The summed E-state index contributed by atoms with van der Waals surface area (Å²) in [4.78, 5) is 16.3. The second-order valence-electron chi connectivity index (χ2n) is 5.52. The number of amides is 1. The van der Waals surface area contributed by atoms with Crippen LogP contribution in [0.4, 0.5) is 5.69 Å². The lowest BCUT2D eigenvalue weighted by atomic mass is 10.1. The van der Waals surface area contributed by atoms with Gasteiger partial charge in [-0.15, -0.1) is 0 Å². The molecule has 5 nitrogen and oxygen atoms in total. The number of nitrogens with one attached hydrogen (secondary N) is 1. The van der Waals surface area contributed by atoms with Crippen LogP contribution in [0.2, 0.25) is 0 Å².